The SMILES string of the molecule is N#CC1CC(F)(F)CN1C(=O)CNC(=O)c1ccncc1NC1CCNCC1. The summed E-state index contributed by atoms with van der Waals surface area (Å²) in [7, 11) is 0. The maximum atomic E-state index is 13.5. The Bertz CT molecular complexity index is 776. The first-order valence-corrected chi connectivity index (χ1v) is 9.16. The predicted molar refractivity (Wildman–Crippen MR) is 96.8 cm³/mol. The Morgan fingerprint density at radius 3 is 2.86 bits per heavy atom. The minimum atomic E-state index is -3.09. The molecule has 2 aliphatic heterocycles. The van der Waals surface area contributed by atoms with Gasteiger partial charge in [-0.1, -0.05) is 0 Å². The van der Waals surface area contributed by atoms with Crippen molar-refractivity contribution in [3.8, 4) is 6.07 Å². The van der Waals surface area contributed by atoms with Crippen LogP contribution in [0.5, 0.6) is 0 Å². The summed E-state index contributed by atoms with van der Waals surface area (Å²) in [5.41, 5.74) is 0.881. The number of halogens is 2. The molecule has 150 valence electrons. The highest BCUT2D eigenvalue weighted by molar-refractivity contribution is 6.01. The second-order valence-electron chi connectivity index (χ2n) is 7.00. The third-order valence-electron chi connectivity index (χ3n) is 4.90. The van der Waals surface area contributed by atoms with Crippen LogP contribution >= 0.6 is 0 Å². The number of likely N-dealkylation sites (tertiary alicyclic amines) is 1. The molecule has 3 heterocycles. The van der Waals surface area contributed by atoms with Gasteiger partial charge in [-0.3, -0.25) is 14.6 Å². The van der Waals surface area contributed by atoms with Crippen molar-refractivity contribution in [3.05, 3.63) is 24.0 Å². The van der Waals surface area contributed by atoms with E-state index < -0.39 is 43.3 Å². The summed E-state index contributed by atoms with van der Waals surface area (Å²) < 4.78 is 27.0. The standard InChI is InChI=1S/C18H22F2N6O2/c19-18(20)7-13(8-21)26(11-18)16(27)10-24-17(28)14-3-6-23-9-15(14)25-12-1-4-22-5-2-12/h3,6,9,12-13,22,25H,1-2,4-5,7,10-11H2,(H,24,28). The summed E-state index contributed by atoms with van der Waals surface area (Å²) in [6.45, 7) is 0.503. The van der Waals surface area contributed by atoms with Crippen LogP contribution in [0.4, 0.5) is 14.5 Å². The smallest absolute Gasteiger partial charge is 0.268 e. The molecule has 1 aromatic heterocycles. The van der Waals surface area contributed by atoms with Gasteiger partial charge in [-0.2, -0.15) is 5.26 Å². The molecular weight excluding hydrogens is 370 g/mol. The number of carbonyl (C=O) groups is 2. The number of nitrogens with one attached hydrogen (secondary N) is 3. The fourth-order valence-electron chi connectivity index (χ4n) is 3.44. The molecule has 2 fully saturated rings. The van der Waals surface area contributed by atoms with Gasteiger partial charge in [0.05, 0.1) is 36.6 Å². The average Bonchev–Trinajstić information content (AvgIpc) is 3.02. The van der Waals surface area contributed by atoms with Gasteiger partial charge in [0.2, 0.25) is 5.91 Å². The Balaban J connectivity index is 1.60. The molecule has 1 unspecified atom stereocenters. The van der Waals surface area contributed by atoms with Crippen molar-refractivity contribution < 1.29 is 18.4 Å². The van der Waals surface area contributed by atoms with Gasteiger partial charge in [0.25, 0.3) is 11.8 Å². The minimum absolute atomic E-state index is 0.210. The Labute approximate surface area is 161 Å². The second-order valence-corrected chi connectivity index (χ2v) is 7.00. The van der Waals surface area contributed by atoms with Crippen molar-refractivity contribution in [1.82, 2.24) is 20.5 Å². The summed E-state index contributed by atoms with van der Waals surface area (Å²) in [6, 6.07) is 2.27. The fraction of sp³-hybridized carbons (Fsp3) is 0.556. The van der Waals surface area contributed by atoms with E-state index in [0.717, 1.165) is 30.8 Å². The van der Waals surface area contributed by atoms with Gasteiger partial charge >= 0.3 is 0 Å². The van der Waals surface area contributed by atoms with Crippen LogP contribution in [-0.2, 0) is 4.79 Å². The van der Waals surface area contributed by atoms with Gasteiger partial charge in [0, 0.05) is 18.7 Å². The van der Waals surface area contributed by atoms with Crippen LogP contribution in [0.15, 0.2) is 18.5 Å². The van der Waals surface area contributed by atoms with E-state index in [0.29, 0.717) is 11.3 Å². The lowest BCUT2D eigenvalue weighted by Crippen LogP contribution is -2.43. The molecule has 8 nitrogen and oxygen atoms in total. The van der Waals surface area contributed by atoms with Crippen LogP contribution in [0.1, 0.15) is 29.6 Å². The molecule has 0 spiro atoms. The zero-order valence-corrected chi connectivity index (χ0v) is 15.3. The number of nitrogens with zero attached hydrogens (tertiary/aromatic N) is 3. The van der Waals surface area contributed by atoms with Crippen LogP contribution in [0.25, 0.3) is 0 Å². The third kappa shape index (κ3) is 4.72. The van der Waals surface area contributed by atoms with Gasteiger partial charge < -0.3 is 20.9 Å². The van der Waals surface area contributed by atoms with Gasteiger partial charge in [0.1, 0.15) is 6.04 Å². The maximum Gasteiger partial charge on any atom is 0.268 e. The maximum absolute atomic E-state index is 13.5. The molecule has 1 aromatic rings. The Hall–Kier alpha value is -2.80. The predicted octanol–water partition coefficient (Wildman–Crippen LogP) is 0.735. The largest absolute Gasteiger partial charge is 0.380 e. The van der Waals surface area contributed by atoms with Crippen molar-refractivity contribution in [2.24, 2.45) is 0 Å². The number of nitriles is 1. The van der Waals surface area contributed by atoms with Crippen molar-refractivity contribution in [1.29, 1.82) is 5.26 Å². The number of rotatable bonds is 5. The monoisotopic (exact) mass is 392 g/mol. The van der Waals surface area contributed by atoms with Crippen molar-refractivity contribution in [2.75, 3.05) is 31.5 Å². The van der Waals surface area contributed by atoms with Crippen LogP contribution in [0.3, 0.4) is 0 Å². The first kappa shape index (κ1) is 19.9. The van der Waals surface area contributed by atoms with Crippen LogP contribution in [-0.4, -0.2) is 65.9 Å². The molecular formula is C18H22F2N6O2. The summed E-state index contributed by atoms with van der Waals surface area (Å²) >= 11 is 0. The number of hydrogen-bond acceptors (Lipinski definition) is 6. The van der Waals surface area contributed by atoms with E-state index in [9.17, 15) is 18.4 Å². The molecule has 3 N–H and O–H groups in total. The highest BCUT2D eigenvalue weighted by atomic mass is 19.3. The molecule has 0 radical (unpaired) electrons. The van der Waals surface area contributed by atoms with Crippen molar-refractivity contribution in [2.45, 2.75) is 37.3 Å². The van der Waals surface area contributed by atoms with Crippen molar-refractivity contribution >= 4 is 17.5 Å². The molecule has 2 amide bonds. The Kier molecular flexibility index (Phi) is 6.04. The molecule has 0 aromatic carbocycles. The third-order valence-corrected chi connectivity index (χ3v) is 4.90. The van der Waals surface area contributed by atoms with Crippen LogP contribution in [0, 0.1) is 11.3 Å². The molecule has 10 heteroatoms. The lowest BCUT2D eigenvalue weighted by Gasteiger charge is -2.25. The topological polar surface area (TPSA) is 110 Å². The lowest BCUT2D eigenvalue weighted by atomic mass is 10.1. The summed E-state index contributed by atoms with van der Waals surface area (Å²) in [6.07, 6.45) is 4.15. The fourth-order valence-corrected chi connectivity index (χ4v) is 3.44. The van der Waals surface area contributed by atoms with E-state index in [1.807, 2.05) is 0 Å². The van der Waals surface area contributed by atoms with Gasteiger partial charge in [-0.25, -0.2) is 8.78 Å². The average molecular weight is 392 g/mol. The zero-order chi connectivity index (χ0) is 20.1. The Morgan fingerprint density at radius 2 is 2.14 bits per heavy atom. The molecule has 2 aliphatic rings. The number of aromatic nitrogens is 1. The highest BCUT2D eigenvalue weighted by Crippen LogP contribution is 2.31. The molecule has 28 heavy (non-hydrogen) atoms. The number of alkyl halides is 2. The molecule has 0 bridgehead atoms. The van der Waals surface area contributed by atoms with Crippen molar-refractivity contribution in [3.63, 3.8) is 0 Å². The van der Waals surface area contributed by atoms with E-state index in [-0.39, 0.29) is 6.04 Å². The zero-order valence-electron chi connectivity index (χ0n) is 15.3. The molecule has 2 saturated heterocycles. The number of piperidine rings is 1. The van der Waals surface area contributed by atoms with Gasteiger partial charge in [-0.15, -0.1) is 0 Å². The number of pyridine rings is 1. The van der Waals surface area contributed by atoms with E-state index >= 15 is 0 Å². The van der Waals surface area contributed by atoms with E-state index in [4.69, 9.17) is 5.26 Å². The molecule has 0 saturated carbocycles. The van der Waals surface area contributed by atoms with E-state index in [2.05, 4.69) is 20.9 Å². The normalized spacial score (nSPS) is 21.8. The number of hydrogen-bond donors (Lipinski definition) is 3. The molecule has 0 aliphatic carbocycles. The Morgan fingerprint density at radius 1 is 1.39 bits per heavy atom. The second kappa shape index (κ2) is 8.48. The lowest BCUT2D eigenvalue weighted by molar-refractivity contribution is -0.131. The highest BCUT2D eigenvalue weighted by Gasteiger charge is 2.47. The minimum Gasteiger partial charge on any atom is -0.380 e. The van der Waals surface area contributed by atoms with E-state index in [1.54, 1.807) is 12.3 Å². The first-order valence-electron chi connectivity index (χ1n) is 9.16. The summed E-state index contributed by atoms with van der Waals surface area (Å²) in [4.78, 5) is 29.6. The first-order chi connectivity index (χ1) is 13.4. The van der Waals surface area contributed by atoms with Gasteiger partial charge in [-0.05, 0) is 32.0 Å². The van der Waals surface area contributed by atoms with Gasteiger partial charge in [0.15, 0.2) is 0 Å². The summed E-state index contributed by atoms with van der Waals surface area (Å²) in [5.74, 6) is -4.30. The number of amides is 2. The van der Waals surface area contributed by atoms with E-state index in [1.165, 1.54) is 12.3 Å². The molecule has 3 rings (SSSR count). The van der Waals surface area contributed by atoms with Crippen LogP contribution < -0.4 is 16.0 Å². The quantitative estimate of drug-likeness (QED) is 0.682. The number of anilines is 1. The van der Waals surface area contributed by atoms with Crippen LogP contribution in [0.2, 0.25) is 0 Å². The number of carbonyl (C=O) groups excluding carboxylic acids is 2. The molecule has 1 atom stereocenters. The summed E-state index contributed by atoms with van der Waals surface area (Å²) in [5, 5.41) is 18.0.